The zero-order valence-corrected chi connectivity index (χ0v) is 18.3. The van der Waals surface area contributed by atoms with Gasteiger partial charge in [0.1, 0.15) is 0 Å². The molecule has 0 heteroatoms. The second-order valence-corrected chi connectivity index (χ2v) is 9.88. The molecule has 1 aliphatic carbocycles. The van der Waals surface area contributed by atoms with Gasteiger partial charge in [0.2, 0.25) is 0 Å². The molecular formula is C24H48. The molecule has 0 saturated heterocycles. The summed E-state index contributed by atoms with van der Waals surface area (Å²) >= 11 is 0. The van der Waals surface area contributed by atoms with Crippen LogP contribution in [-0.4, -0.2) is 0 Å². The van der Waals surface area contributed by atoms with E-state index in [-0.39, 0.29) is 0 Å². The van der Waals surface area contributed by atoms with E-state index in [4.69, 9.17) is 0 Å². The summed E-state index contributed by atoms with van der Waals surface area (Å²) in [5.74, 6) is 7.40. The monoisotopic (exact) mass is 336 g/mol. The Morgan fingerprint density at radius 1 is 0.792 bits per heavy atom. The maximum atomic E-state index is 2.59. The van der Waals surface area contributed by atoms with Crippen molar-refractivity contribution in [1.82, 2.24) is 0 Å². The van der Waals surface area contributed by atoms with Gasteiger partial charge in [0, 0.05) is 0 Å². The Morgan fingerprint density at radius 3 is 1.88 bits per heavy atom. The van der Waals surface area contributed by atoms with Gasteiger partial charge in [0.25, 0.3) is 0 Å². The van der Waals surface area contributed by atoms with Crippen LogP contribution in [0.4, 0.5) is 0 Å². The van der Waals surface area contributed by atoms with Crippen LogP contribution in [0.3, 0.4) is 0 Å². The van der Waals surface area contributed by atoms with Crippen molar-refractivity contribution in [2.24, 2.45) is 47.3 Å². The molecule has 1 aliphatic rings. The molecule has 0 spiro atoms. The van der Waals surface area contributed by atoms with Crippen LogP contribution in [0.1, 0.15) is 107 Å². The quantitative estimate of drug-likeness (QED) is 0.318. The molecule has 0 amide bonds. The van der Waals surface area contributed by atoms with Gasteiger partial charge in [-0.2, -0.15) is 0 Å². The van der Waals surface area contributed by atoms with Gasteiger partial charge in [0.15, 0.2) is 0 Å². The second-order valence-electron chi connectivity index (χ2n) is 9.88. The predicted molar refractivity (Wildman–Crippen MR) is 110 cm³/mol. The molecule has 1 fully saturated rings. The van der Waals surface area contributed by atoms with Crippen molar-refractivity contribution in [2.45, 2.75) is 107 Å². The third kappa shape index (κ3) is 7.09. The molecule has 0 aromatic rings. The lowest BCUT2D eigenvalue weighted by Gasteiger charge is -2.39. The zero-order valence-electron chi connectivity index (χ0n) is 18.3. The summed E-state index contributed by atoms with van der Waals surface area (Å²) in [5, 5.41) is 0. The Labute approximate surface area is 154 Å². The van der Waals surface area contributed by atoms with E-state index in [0.29, 0.717) is 0 Å². The average molecular weight is 337 g/mol. The summed E-state index contributed by atoms with van der Waals surface area (Å²) in [6, 6.07) is 0. The van der Waals surface area contributed by atoms with Gasteiger partial charge in [-0.3, -0.25) is 0 Å². The van der Waals surface area contributed by atoms with Crippen LogP contribution in [0, 0.1) is 47.3 Å². The second kappa shape index (κ2) is 10.9. The Balaban J connectivity index is 2.73. The minimum Gasteiger partial charge on any atom is -0.0654 e. The number of unbranched alkanes of at least 4 members (excludes halogenated alkanes) is 1. The molecule has 6 atom stereocenters. The Morgan fingerprint density at radius 2 is 1.42 bits per heavy atom. The molecule has 1 saturated carbocycles. The van der Waals surface area contributed by atoms with Gasteiger partial charge >= 0.3 is 0 Å². The molecule has 1 rings (SSSR count). The first-order valence-electron chi connectivity index (χ1n) is 11.3. The Kier molecular flexibility index (Phi) is 9.98. The lowest BCUT2D eigenvalue weighted by atomic mass is 9.66. The van der Waals surface area contributed by atoms with Crippen LogP contribution < -0.4 is 0 Å². The van der Waals surface area contributed by atoms with Crippen LogP contribution in [-0.2, 0) is 0 Å². The summed E-state index contributed by atoms with van der Waals surface area (Å²) in [4.78, 5) is 0. The smallest absolute Gasteiger partial charge is 0.0332 e. The van der Waals surface area contributed by atoms with Crippen molar-refractivity contribution in [3.63, 3.8) is 0 Å². The van der Waals surface area contributed by atoms with Crippen molar-refractivity contribution in [3.8, 4) is 0 Å². The van der Waals surface area contributed by atoms with Crippen molar-refractivity contribution in [1.29, 1.82) is 0 Å². The van der Waals surface area contributed by atoms with Crippen LogP contribution in [0.15, 0.2) is 0 Å². The summed E-state index contributed by atoms with van der Waals surface area (Å²) in [6.45, 7) is 19.8. The van der Waals surface area contributed by atoms with E-state index in [1.165, 1.54) is 51.4 Å². The van der Waals surface area contributed by atoms with E-state index in [2.05, 4.69) is 55.4 Å². The van der Waals surface area contributed by atoms with E-state index < -0.39 is 0 Å². The number of hydrogen-bond donors (Lipinski definition) is 0. The van der Waals surface area contributed by atoms with Crippen LogP contribution in [0.25, 0.3) is 0 Å². The first-order chi connectivity index (χ1) is 11.3. The van der Waals surface area contributed by atoms with E-state index in [1.54, 1.807) is 0 Å². The van der Waals surface area contributed by atoms with Gasteiger partial charge in [-0.1, -0.05) is 81.1 Å². The molecule has 0 radical (unpaired) electrons. The summed E-state index contributed by atoms with van der Waals surface area (Å²) in [6.07, 6.45) is 11.5. The molecule has 0 aliphatic heterocycles. The van der Waals surface area contributed by atoms with E-state index in [9.17, 15) is 0 Å². The van der Waals surface area contributed by atoms with E-state index in [0.717, 1.165) is 47.3 Å². The largest absolute Gasteiger partial charge is 0.0654 e. The fourth-order valence-corrected chi connectivity index (χ4v) is 5.34. The molecule has 0 N–H and O–H groups in total. The van der Waals surface area contributed by atoms with E-state index >= 15 is 0 Å². The molecular weight excluding hydrogens is 288 g/mol. The summed E-state index contributed by atoms with van der Waals surface area (Å²) < 4.78 is 0. The van der Waals surface area contributed by atoms with Crippen molar-refractivity contribution in [2.75, 3.05) is 0 Å². The van der Waals surface area contributed by atoms with Gasteiger partial charge in [-0.15, -0.1) is 0 Å². The van der Waals surface area contributed by atoms with Crippen LogP contribution >= 0.6 is 0 Å². The van der Waals surface area contributed by atoms with Gasteiger partial charge in [-0.25, -0.2) is 0 Å². The first-order valence-corrected chi connectivity index (χ1v) is 11.3. The normalized spacial score (nSPS) is 22.9. The Bertz CT molecular complexity index is 314. The van der Waals surface area contributed by atoms with Crippen molar-refractivity contribution >= 4 is 0 Å². The lowest BCUT2D eigenvalue weighted by molar-refractivity contribution is 0.103. The molecule has 144 valence electrons. The summed E-state index contributed by atoms with van der Waals surface area (Å²) in [7, 11) is 0. The number of hydrogen-bond acceptors (Lipinski definition) is 0. The van der Waals surface area contributed by atoms with Gasteiger partial charge in [-0.05, 0) is 73.0 Å². The molecule has 0 heterocycles. The van der Waals surface area contributed by atoms with Crippen molar-refractivity contribution < 1.29 is 0 Å². The van der Waals surface area contributed by atoms with Crippen molar-refractivity contribution in [3.05, 3.63) is 0 Å². The highest BCUT2D eigenvalue weighted by atomic mass is 14.4. The fraction of sp³-hybridized carbons (Fsp3) is 1.00. The molecule has 0 nitrogen and oxygen atoms in total. The highest BCUT2D eigenvalue weighted by molar-refractivity contribution is 4.89. The molecule has 0 aromatic heterocycles. The minimum absolute atomic E-state index is 0.844. The molecule has 24 heavy (non-hydrogen) atoms. The van der Waals surface area contributed by atoms with Crippen LogP contribution in [0.2, 0.25) is 0 Å². The van der Waals surface area contributed by atoms with Crippen LogP contribution in [0.5, 0.6) is 0 Å². The lowest BCUT2D eigenvalue weighted by Crippen LogP contribution is -2.31. The minimum atomic E-state index is 0.844. The maximum Gasteiger partial charge on any atom is -0.0332 e. The maximum absolute atomic E-state index is 2.59. The highest BCUT2D eigenvalue weighted by Crippen LogP contribution is 2.48. The molecule has 0 bridgehead atoms. The SMILES string of the molecule is CCCCC(C)C(C)CC(C)C(C(CC)CC(C)C)C(C)C1CC1. The zero-order chi connectivity index (χ0) is 18.3. The third-order valence-electron chi connectivity index (χ3n) is 7.20. The average Bonchev–Trinajstić information content (AvgIpc) is 3.35. The third-order valence-corrected chi connectivity index (χ3v) is 7.20. The topological polar surface area (TPSA) is 0 Å². The first kappa shape index (κ1) is 22.0. The van der Waals surface area contributed by atoms with Gasteiger partial charge < -0.3 is 0 Å². The Hall–Kier alpha value is 0. The highest BCUT2D eigenvalue weighted by Gasteiger charge is 2.39. The fourth-order valence-electron chi connectivity index (χ4n) is 5.34. The standard InChI is InChI=1S/C24H48/c1-9-11-12-18(5)19(6)16-20(7)24(21(8)23-13-14-23)22(10-2)15-17(3)4/h17-24H,9-16H2,1-8H3. The predicted octanol–water partition coefficient (Wildman–Crippen LogP) is 8.21. The molecule has 6 unspecified atom stereocenters. The van der Waals surface area contributed by atoms with E-state index in [1.807, 2.05) is 0 Å². The number of rotatable bonds is 13. The van der Waals surface area contributed by atoms with Gasteiger partial charge in [0.05, 0.1) is 0 Å². The summed E-state index contributed by atoms with van der Waals surface area (Å²) in [5.41, 5.74) is 0. The molecule has 0 aromatic carbocycles.